The van der Waals surface area contributed by atoms with E-state index in [0.717, 1.165) is 48.8 Å². The minimum atomic E-state index is -0.226. The fraction of sp³-hybridized carbons (Fsp3) is 0.588. The minimum absolute atomic E-state index is 0.0428. The van der Waals surface area contributed by atoms with Gasteiger partial charge in [-0.1, -0.05) is 41.4 Å². The monoisotopic (exact) mass is 352 g/mol. The first kappa shape index (κ1) is 16.5. The molecular formula is C17H25BrN2O. The highest BCUT2D eigenvalue weighted by Gasteiger charge is 2.39. The van der Waals surface area contributed by atoms with Crippen LogP contribution in [0.2, 0.25) is 0 Å². The largest absolute Gasteiger partial charge is 0.349 e. The maximum Gasteiger partial charge on any atom is 0.227 e. The lowest BCUT2D eigenvalue weighted by Gasteiger charge is -2.37. The number of piperidine rings is 1. The van der Waals surface area contributed by atoms with Crippen molar-refractivity contribution in [2.75, 3.05) is 13.1 Å². The summed E-state index contributed by atoms with van der Waals surface area (Å²) in [5.41, 5.74) is 0.915. The van der Waals surface area contributed by atoms with Gasteiger partial charge in [-0.2, -0.15) is 0 Å². The quantitative estimate of drug-likeness (QED) is 0.846. The first-order valence-electron chi connectivity index (χ1n) is 7.84. The van der Waals surface area contributed by atoms with Crippen LogP contribution in [0.4, 0.5) is 0 Å². The van der Waals surface area contributed by atoms with Crippen LogP contribution in [0.5, 0.6) is 0 Å². The molecular weight excluding hydrogens is 328 g/mol. The third-order valence-electron chi connectivity index (χ3n) is 4.40. The smallest absolute Gasteiger partial charge is 0.227 e. The molecule has 0 saturated carbocycles. The molecule has 1 aromatic rings. The van der Waals surface area contributed by atoms with Crippen molar-refractivity contribution < 1.29 is 4.79 Å². The molecule has 0 radical (unpaired) electrons. The van der Waals surface area contributed by atoms with E-state index in [4.69, 9.17) is 0 Å². The number of amides is 1. The summed E-state index contributed by atoms with van der Waals surface area (Å²) in [5.74, 6) is 0.201. The van der Waals surface area contributed by atoms with Crippen LogP contribution in [0.3, 0.4) is 0 Å². The van der Waals surface area contributed by atoms with E-state index in [9.17, 15) is 4.79 Å². The maximum absolute atomic E-state index is 12.8. The van der Waals surface area contributed by atoms with E-state index in [1.54, 1.807) is 0 Å². The van der Waals surface area contributed by atoms with Gasteiger partial charge in [0.25, 0.3) is 0 Å². The number of hydrogen-bond acceptors (Lipinski definition) is 2. The van der Waals surface area contributed by atoms with Crippen molar-refractivity contribution in [1.82, 2.24) is 10.6 Å². The van der Waals surface area contributed by atoms with Crippen molar-refractivity contribution >= 4 is 21.8 Å². The Balaban J connectivity index is 2.05. The highest BCUT2D eigenvalue weighted by molar-refractivity contribution is 9.10. The second-order valence-corrected chi connectivity index (χ2v) is 6.97. The molecule has 116 valence electrons. The summed E-state index contributed by atoms with van der Waals surface area (Å²) in [6, 6.07) is 8.19. The molecule has 1 aliphatic heterocycles. The Hall–Kier alpha value is -0.870. The molecule has 1 fully saturated rings. The van der Waals surface area contributed by atoms with Crippen molar-refractivity contribution in [2.45, 2.75) is 45.6 Å². The average molecular weight is 353 g/mol. The topological polar surface area (TPSA) is 41.1 Å². The summed E-state index contributed by atoms with van der Waals surface area (Å²) in [5, 5.41) is 6.61. The van der Waals surface area contributed by atoms with E-state index < -0.39 is 0 Å². The van der Waals surface area contributed by atoms with Crippen LogP contribution >= 0.6 is 15.9 Å². The van der Waals surface area contributed by atoms with Gasteiger partial charge in [0.1, 0.15) is 0 Å². The van der Waals surface area contributed by atoms with Crippen molar-refractivity contribution in [1.29, 1.82) is 0 Å². The normalized spacial score (nSPS) is 23.6. The Morgan fingerprint density at radius 1 is 1.43 bits per heavy atom. The van der Waals surface area contributed by atoms with Crippen molar-refractivity contribution in [3.8, 4) is 0 Å². The van der Waals surface area contributed by atoms with Crippen LogP contribution in [0.15, 0.2) is 28.7 Å². The number of carbonyl (C=O) groups is 1. The second kappa shape index (κ2) is 7.41. The van der Waals surface area contributed by atoms with Gasteiger partial charge >= 0.3 is 0 Å². The number of carbonyl (C=O) groups excluding carboxylic acids is 1. The summed E-state index contributed by atoms with van der Waals surface area (Å²) in [6.07, 6.45) is 4.08. The fourth-order valence-corrected chi connectivity index (χ4v) is 3.42. The van der Waals surface area contributed by atoms with Crippen molar-refractivity contribution in [3.63, 3.8) is 0 Å². The van der Waals surface area contributed by atoms with Crippen LogP contribution in [0.25, 0.3) is 0 Å². The lowest BCUT2D eigenvalue weighted by Crippen LogP contribution is -2.50. The van der Waals surface area contributed by atoms with E-state index in [2.05, 4.69) is 52.5 Å². The summed E-state index contributed by atoms with van der Waals surface area (Å²) in [7, 11) is 0. The number of benzene rings is 1. The van der Waals surface area contributed by atoms with Crippen LogP contribution in [-0.4, -0.2) is 19.0 Å². The molecule has 1 heterocycles. The number of hydrogen-bond donors (Lipinski definition) is 2. The third-order valence-corrected chi connectivity index (χ3v) is 4.93. The predicted octanol–water partition coefficient (Wildman–Crippen LogP) is 3.80. The fourth-order valence-electron chi connectivity index (χ4n) is 3.15. The summed E-state index contributed by atoms with van der Waals surface area (Å²) < 4.78 is 1.06. The molecule has 0 aliphatic carbocycles. The molecule has 1 amide bonds. The van der Waals surface area contributed by atoms with Gasteiger partial charge in [0, 0.05) is 11.0 Å². The highest BCUT2D eigenvalue weighted by Crippen LogP contribution is 2.32. The Bertz CT molecular complexity index is 461. The lowest BCUT2D eigenvalue weighted by molar-refractivity contribution is -0.133. The average Bonchev–Trinajstić information content (AvgIpc) is 2.49. The second-order valence-electron chi connectivity index (χ2n) is 6.06. The molecule has 1 saturated heterocycles. The number of halogens is 1. The molecule has 1 unspecified atom stereocenters. The molecule has 2 rings (SSSR count). The zero-order valence-corrected chi connectivity index (χ0v) is 14.5. The SMILES string of the molecule is CCCC1(C(=O)N[C@@H](C)c2ccc(Br)cc2)CCCNC1. The number of rotatable bonds is 5. The molecule has 1 aliphatic rings. The van der Waals surface area contributed by atoms with Crippen molar-refractivity contribution in [2.24, 2.45) is 5.41 Å². The minimum Gasteiger partial charge on any atom is -0.349 e. The van der Waals surface area contributed by atoms with Gasteiger partial charge in [0.2, 0.25) is 5.91 Å². The van der Waals surface area contributed by atoms with Crippen LogP contribution in [-0.2, 0) is 4.79 Å². The third kappa shape index (κ3) is 4.07. The van der Waals surface area contributed by atoms with E-state index in [1.807, 2.05) is 12.1 Å². The molecule has 4 heteroatoms. The molecule has 1 aromatic carbocycles. The standard InChI is InChI=1S/C17H25BrN2O/c1-3-9-17(10-4-11-19-12-17)16(21)20-13(2)14-5-7-15(18)8-6-14/h5-8,13,19H,3-4,9-12H2,1-2H3,(H,20,21)/t13-,17?/m0/s1. The van der Waals surface area contributed by atoms with Gasteiger partial charge in [-0.05, 0) is 50.4 Å². The molecule has 0 aromatic heterocycles. The van der Waals surface area contributed by atoms with Gasteiger partial charge in [0.05, 0.1) is 11.5 Å². The molecule has 21 heavy (non-hydrogen) atoms. The number of nitrogens with one attached hydrogen (secondary N) is 2. The maximum atomic E-state index is 12.8. The van der Waals surface area contributed by atoms with Crippen molar-refractivity contribution in [3.05, 3.63) is 34.3 Å². The molecule has 0 bridgehead atoms. The van der Waals surface area contributed by atoms with Gasteiger partial charge in [-0.3, -0.25) is 4.79 Å². The van der Waals surface area contributed by atoms with E-state index >= 15 is 0 Å². The summed E-state index contributed by atoms with van der Waals surface area (Å²) in [6.45, 7) is 6.04. The van der Waals surface area contributed by atoms with E-state index in [1.165, 1.54) is 0 Å². The van der Waals surface area contributed by atoms with Crippen LogP contribution in [0.1, 0.15) is 51.1 Å². The molecule has 0 spiro atoms. The Morgan fingerprint density at radius 2 is 2.14 bits per heavy atom. The van der Waals surface area contributed by atoms with Crippen LogP contribution in [0, 0.1) is 5.41 Å². The first-order chi connectivity index (χ1) is 10.1. The predicted molar refractivity (Wildman–Crippen MR) is 90.1 cm³/mol. The Kier molecular flexibility index (Phi) is 5.82. The zero-order valence-electron chi connectivity index (χ0n) is 12.9. The van der Waals surface area contributed by atoms with E-state index in [-0.39, 0.29) is 17.4 Å². The van der Waals surface area contributed by atoms with Gasteiger partial charge in [-0.15, -0.1) is 0 Å². The summed E-state index contributed by atoms with van der Waals surface area (Å²) in [4.78, 5) is 12.8. The molecule has 2 N–H and O–H groups in total. The highest BCUT2D eigenvalue weighted by atomic mass is 79.9. The summed E-state index contributed by atoms with van der Waals surface area (Å²) >= 11 is 3.44. The molecule has 3 nitrogen and oxygen atoms in total. The van der Waals surface area contributed by atoms with Gasteiger partial charge in [-0.25, -0.2) is 0 Å². The Morgan fingerprint density at radius 3 is 2.71 bits per heavy atom. The Labute approximate surface area is 136 Å². The van der Waals surface area contributed by atoms with E-state index in [0.29, 0.717) is 0 Å². The lowest BCUT2D eigenvalue weighted by atomic mass is 9.76. The zero-order chi connectivity index (χ0) is 15.3. The first-order valence-corrected chi connectivity index (χ1v) is 8.64. The van der Waals surface area contributed by atoms with Gasteiger partial charge < -0.3 is 10.6 Å². The molecule has 2 atom stereocenters. The van der Waals surface area contributed by atoms with Gasteiger partial charge in [0.15, 0.2) is 0 Å². The van der Waals surface area contributed by atoms with Crippen LogP contribution < -0.4 is 10.6 Å².